The largest absolute Gasteiger partial charge is 0.100 e. The van der Waals surface area contributed by atoms with Crippen LogP contribution >= 0.6 is 0 Å². The van der Waals surface area contributed by atoms with Gasteiger partial charge >= 0.3 is 0 Å². The molecule has 0 aromatic carbocycles. The fraction of sp³-hybridized carbons (Fsp3) is 0.778. The lowest BCUT2D eigenvalue weighted by Crippen LogP contribution is -2.25. The molecule has 1 aliphatic carbocycles. The summed E-state index contributed by atoms with van der Waals surface area (Å²) in [6.07, 6.45) is 5.51. The predicted octanol–water partition coefficient (Wildman–Crippen LogP) is 3.14. The maximum absolute atomic E-state index is 3.92. The lowest BCUT2D eigenvalue weighted by Gasteiger charge is -2.38. The van der Waals surface area contributed by atoms with Crippen LogP contribution in [0.15, 0.2) is 12.2 Å². The van der Waals surface area contributed by atoms with Gasteiger partial charge < -0.3 is 0 Å². The number of hydrogen-bond acceptors (Lipinski definition) is 0. The minimum absolute atomic E-state index is 0.645. The highest BCUT2D eigenvalue weighted by atomic mass is 14.4. The molecule has 0 amide bonds. The first-order valence-corrected chi connectivity index (χ1v) is 3.77. The van der Waals surface area contributed by atoms with Crippen LogP contribution in [-0.2, 0) is 0 Å². The van der Waals surface area contributed by atoms with Crippen molar-refractivity contribution in [2.75, 3.05) is 0 Å². The third kappa shape index (κ3) is 1.57. The van der Waals surface area contributed by atoms with Crippen LogP contribution in [0.25, 0.3) is 0 Å². The van der Waals surface area contributed by atoms with E-state index >= 15 is 0 Å². The Morgan fingerprint density at radius 3 is 2.22 bits per heavy atom. The van der Waals surface area contributed by atoms with Crippen LogP contribution in [0.4, 0.5) is 0 Å². The van der Waals surface area contributed by atoms with Gasteiger partial charge in [0.05, 0.1) is 0 Å². The van der Waals surface area contributed by atoms with Crippen molar-refractivity contribution in [1.29, 1.82) is 0 Å². The summed E-state index contributed by atoms with van der Waals surface area (Å²) in [6.45, 7) is 8.42. The zero-order chi connectivity index (χ0) is 6.91. The first kappa shape index (κ1) is 6.85. The third-order valence-electron chi connectivity index (χ3n) is 2.29. The predicted molar refractivity (Wildman–Crippen MR) is 41.4 cm³/mol. The third-order valence-corrected chi connectivity index (χ3v) is 2.29. The average Bonchev–Trinajstić information content (AvgIpc) is 1.60. The van der Waals surface area contributed by atoms with E-state index in [1.807, 2.05) is 0 Å². The second-order valence-electron chi connectivity index (χ2n) is 3.80. The zero-order valence-corrected chi connectivity index (χ0v) is 6.54. The number of rotatable bonds is 2. The quantitative estimate of drug-likeness (QED) is 0.496. The van der Waals surface area contributed by atoms with Gasteiger partial charge in [-0.2, -0.15) is 0 Å². The molecule has 0 N–H and O–H groups in total. The van der Waals surface area contributed by atoms with Crippen LogP contribution in [0.1, 0.15) is 39.5 Å². The summed E-state index contributed by atoms with van der Waals surface area (Å²) in [5.41, 5.74) is 1.99. The minimum Gasteiger partial charge on any atom is -0.100 e. The van der Waals surface area contributed by atoms with E-state index in [0.29, 0.717) is 5.41 Å². The molecule has 1 saturated carbocycles. The van der Waals surface area contributed by atoms with Crippen molar-refractivity contribution in [3.8, 4) is 0 Å². The van der Waals surface area contributed by atoms with Gasteiger partial charge in [-0.3, -0.25) is 0 Å². The van der Waals surface area contributed by atoms with Gasteiger partial charge in [-0.15, -0.1) is 6.58 Å². The average molecular weight is 124 g/mol. The fourth-order valence-electron chi connectivity index (χ4n) is 1.69. The molecule has 0 heterocycles. The Morgan fingerprint density at radius 2 is 2.11 bits per heavy atom. The Labute approximate surface area is 58.0 Å². The molecule has 1 fully saturated rings. The van der Waals surface area contributed by atoms with E-state index in [-0.39, 0.29) is 0 Å². The van der Waals surface area contributed by atoms with Crippen LogP contribution < -0.4 is 0 Å². The molecule has 0 heteroatoms. The molecule has 1 rings (SSSR count). The molecule has 0 radical (unpaired) electrons. The zero-order valence-electron chi connectivity index (χ0n) is 6.54. The Balaban J connectivity index is 2.33. The highest BCUT2D eigenvalue weighted by Gasteiger charge is 2.30. The molecule has 0 bridgehead atoms. The summed E-state index contributed by atoms with van der Waals surface area (Å²) in [4.78, 5) is 0. The van der Waals surface area contributed by atoms with Crippen molar-refractivity contribution in [2.45, 2.75) is 39.5 Å². The Hall–Kier alpha value is -0.260. The lowest BCUT2D eigenvalue weighted by atomic mass is 9.67. The van der Waals surface area contributed by atoms with Gasteiger partial charge in [-0.1, -0.05) is 18.9 Å². The van der Waals surface area contributed by atoms with E-state index in [0.717, 1.165) is 0 Å². The lowest BCUT2D eigenvalue weighted by molar-refractivity contribution is 0.161. The van der Waals surface area contributed by atoms with Crippen LogP contribution in [-0.4, -0.2) is 0 Å². The first-order chi connectivity index (χ1) is 4.12. The molecule has 9 heavy (non-hydrogen) atoms. The molecular formula is C9H16. The first-order valence-electron chi connectivity index (χ1n) is 3.77. The molecular weight excluding hydrogens is 108 g/mol. The van der Waals surface area contributed by atoms with Gasteiger partial charge in [0.1, 0.15) is 0 Å². The van der Waals surface area contributed by atoms with E-state index in [4.69, 9.17) is 0 Å². The summed E-state index contributed by atoms with van der Waals surface area (Å²) >= 11 is 0. The molecule has 0 unspecified atom stereocenters. The van der Waals surface area contributed by atoms with E-state index < -0.39 is 0 Å². The molecule has 0 aliphatic heterocycles. The molecule has 1 aliphatic rings. The molecule has 0 atom stereocenters. The van der Waals surface area contributed by atoms with E-state index in [9.17, 15) is 0 Å². The summed E-state index contributed by atoms with van der Waals surface area (Å²) in [5.74, 6) is 0. The van der Waals surface area contributed by atoms with Crippen LogP contribution in [0.2, 0.25) is 0 Å². The smallest absolute Gasteiger partial charge is 0.0271 e. The molecule has 0 saturated heterocycles. The van der Waals surface area contributed by atoms with Crippen molar-refractivity contribution in [1.82, 2.24) is 0 Å². The van der Waals surface area contributed by atoms with Crippen molar-refractivity contribution in [2.24, 2.45) is 5.41 Å². The maximum atomic E-state index is 3.92. The standard InChI is InChI=1S/C9H16/c1-8(2)7-9(3)5-4-6-9/h1,4-7H2,2-3H3. The topological polar surface area (TPSA) is 0 Å². The van der Waals surface area contributed by atoms with Gasteiger partial charge in [0.25, 0.3) is 0 Å². The van der Waals surface area contributed by atoms with Crippen molar-refractivity contribution < 1.29 is 0 Å². The van der Waals surface area contributed by atoms with Gasteiger partial charge in [0, 0.05) is 0 Å². The van der Waals surface area contributed by atoms with E-state index in [1.54, 1.807) is 0 Å². The Morgan fingerprint density at radius 1 is 1.56 bits per heavy atom. The molecule has 0 spiro atoms. The van der Waals surface area contributed by atoms with Crippen LogP contribution in [0, 0.1) is 5.41 Å². The van der Waals surface area contributed by atoms with Gasteiger partial charge in [-0.25, -0.2) is 0 Å². The normalized spacial score (nSPS) is 22.9. The second kappa shape index (κ2) is 2.17. The summed E-state index contributed by atoms with van der Waals surface area (Å²) in [7, 11) is 0. The van der Waals surface area contributed by atoms with Crippen molar-refractivity contribution in [3.05, 3.63) is 12.2 Å². The van der Waals surface area contributed by atoms with Gasteiger partial charge in [0.2, 0.25) is 0 Å². The highest BCUT2D eigenvalue weighted by Crippen LogP contribution is 2.44. The highest BCUT2D eigenvalue weighted by molar-refractivity contribution is 4.98. The van der Waals surface area contributed by atoms with Gasteiger partial charge in [-0.05, 0) is 31.6 Å². The monoisotopic (exact) mass is 124 g/mol. The second-order valence-corrected chi connectivity index (χ2v) is 3.80. The Bertz CT molecular complexity index is 118. The van der Waals surface area contributed by atoms with Crippen molar-refractivity contribution >= 4 is 0 Å². The summed E-state index contributed by atoms with van der Waals surface area (Å²) in [6, 6.07) is 0. The van der Waals surface area contributed by atoms with Crippen LogP contribution in [0.3, 0.4) is 0 Å². The fourth-order valence-corrected chi connectivity index (χ4v) is 1.69. The molecule has 0 aromatic heterocycles. The molecule has 52 valence electrons. The molecule has 0 aromatic rings. The number of hydrogen-bond donors (Lipinski definition) is 0. The van der Waals surface area contributed by atoms with E-state index in [2.05, 4.69) is 20.4 Å². The summed E-state index contributed by atoms with van der Waals surface area (Å²) < 4.78 is 0. The molecule has 0 nitrogen and oxygen atoms in total. The van der Waals surface area contributed by atoms with Gasteiger partial charge in [0.15, 0.2) is 0 Å². The Kier molecular flexibility index (Phi) is 1.65. The number of allylic oxidation sites excluding steroid dienone is 1. The van der Waals surface area contributed by atoms with Crippen LogP contribution in [0.5, 0.6) is 0 Å². The van der Waals surface area contributed by atoms with E-state index in [1.165, 1.54) is 31.3 Å². The summed E-state index contributed by atoms with van der Waals surface area (Å²) in [5, 5.41) is 0. The minimum atomic E-state index is 0.645. The SMILES string of the molecule is C=C(C)CC1(C)CCC1. The van der Waals surface area contributed by atoms with Crippen molar-refractivity contribution in [3.63, 3.8) is 0 Å². The maximum Gasteiger partial charge on any atom is -0.0271 e.